The molecule has 1 aromatic rings. The average molecular weight is 386 g/mol. The van der Waals surface area contributed by atoms with Gasteiger partial charge in [0.2, 0.25) is 10.0 Å². The Labute approximate surface area is 151 Å². The van der Waals surface area contributed by atoms with Crippen LogP contribution >= 0.6 is 0 Å². The minimum atomic E-state index is -3.83. The quantitative estimate of drug-likeness (QED) is 0.617. The second-order valence-corrected chi connectivity index (χ2v) is 7.54. The molecular weight excluding hydrogens is 364 g/mol. The summed E-state index contributed by atoms with van der Waals surface area (Å²) in [6, 6.07) is 4.17. The van der Waals surface area contributed by atoms with Crippen molar-refractivity contribution in [2.24, 2.45) is 0 Å². The van der Waals surface area contributed by atoms with Gasteiger partial charge in [-0.2, -0.15) is 4.31 Å². The van der Waals surface area contributed by atoms with E-state index >= 15 is 0 Å². The molecule has 10 heteroatoms. The van der Waals surface area contributed by atoms with E-state index in [1.165, 1.54) is 29.6 Å². The predicted octanol–water partition coefficient (Wildman–Crippen LogP) is 0.311. The summed E-state index contributed by atoms with van der Waals surface area (Å²) in [5.74, 6) is -1.27. The number of amides is 1. The number of methoxy groups -OCH3 is 1. The van der Waals surface area contributed by atoms with Crippen molar-refractivity contribution in [3.63, 3.8) is 0 Å². The molecule has 1 aliphatic rings. The maximum Gasteiger partial charge on any atom is 0.303 e. The number of sulfonamides is 1. The van der Waals surface area contributed by atoms with Gasteiger partial charge in [-0.05, 0) is 24.6 Å². The van der Waals surface area contributed by atoms with E-state index in [2.05, 4.69) is 5.32 Å². The molecule has 1 aliphatic heterocycles. The van der Waals surface area contributed by atoms with Crippen LogP contribution < -0.4 is 10.1 Å². The summed E-state index contributed by atoms with van der Waals surface area (Å²) in [6.07, 6.45) is 0.232. The Kier molecular flexibility index (Phi) is 6.95. The number of nitrogens with one attached hydrogen (secondary N) is 1. The lowest BCUT2D eigenvalue weighted by molar-refractivity contribution is -0.137. The molecule has 1 saturated heterocycles. The zero-order chi connectivity index (χ0) is 19.2. The number of benzene rings is 1. The highest BCUT2D eigenvalue weighted by Crippen LogP contribution is 2.28. The number of carbonyl (C=O) groups excluding carboxylic acids is 1. The number of morpholine rings is 1. The fourth-order valence-electron chi connectivity index (χ4n) is 2.49. The zero-order valence-corrected chi connectivity index (χ0v) is 15.3. The molecule has 0 radical (unpaired) electrons. The lowest BCUT2D eigenvalue weighted by Gasteiger charge is -2.26. The van der Waals surface area contributed by atoms with Crippen LogP contribution in [0.3, 0.4) is 0 Å². The SMILES string of the molecule is COc1ccc(C(=O)NCCCC(=O)O)cc1S(=O)(=O)N1CCOCC1. The molecule has 2 N–H and O–H groups in total. The van der Waals surface area contributed by atoms with Crippen molar-refractivity contribution in [1.29, 1.82) is 0 Å². The molecule has 2 rings (SSSR count). The monoisotopic (exact) mass is 386 g/mol. The molecule has 0 unspecified atom stereocenters. The Morgan fingerprint density at radius 1 is 1.31 bits per heavy atom. The third-order valence-corrected chi connectivity index (χ3v) is 5.79. The van der Waals surface area contributed by atoms with Crippen molar-refractivity contribution in [1.82, 2.24) is 9.62 Å². The third kappa shape index (κ3) is 4.93. The number of carboxylic acid groups (broad SMARTS) is 1. The molecule has 1 aromatic carbocycles. The van der Waals surface area contributed by atoms with Crippen LogP contribution in [0.4, 0.5) is 0 Å². The van der Waals surface area contributed by atoms with E-state index in [0.29, 0.717) is 13.2 Å². The Bertz CT molecular complexity index is 758. The lowest BCUT2D eigenvalue weighted by Crippen LogP contribution is -2.40. The smallest absolute Gasteiger partial charge is 0.303 e. The van der Waals surface area contributed by atoms with Crippen LogP contribution in [0.5, 0.6) is 5.75 Å². The Morgan fingerprint density at radius 3 is 2.62 bits per heavy atom. The molecule has 0 spiro atoms. The van der Waals surface area contributed by atoms with Crippen molar-refractivity contribution < 1.29 is 32.6 Å². The molecule has 0 saturated carbocycles. The van der Waals surface area contributed by atoms with Gasteiger partial charge in [-0.15, -0.1) is 0 Å². The van der Waals surface area contributed by atoms with Crippen LogP contribution in [0.2, 0.25) is 0 Å². The summed E-state index contributed by atoms with van der Waals surface area (Å²) >= 11 is 0. The minimum absolute atomic E-state index is 0.0560. The Balaban J connectivity index is 2.19. The van der Waals surface area contributed by atoms with Crippen LogP contribution in [0.15, 0.2) is 23.1 Å². The highest BCUT2D eigenvalue weighted by atomic mass is 32.2. The standard InChI is InChI=1S/C16H22N2O7S/c1-24-13-5-4-12(16(21)17-6-2-3-15(19)20)11-14(13)26(22,23)18-7-9-25-10-8-18/h4-5,11H,2-3,6-10H2,1H3,(H,17,21)(H,19,20). The summed E-state index contributed by atoms with van der Waals surface area (Å²) in [5.41, 5.74) is 0.160. The number of aliphatic carboxylic acids is 1. The van der Waals surface area contributed by atoms with E-state index in [0.717, 1.165) is 0 Å². The number of carbonyl (C=O) groups is 2. The van der Waals surface area contributed by atoms with Crippen LogP contribution in [0, 0.1) is 0 Å². The number of hydrogen-bond acceptors (Lipinski definition) is 6. The fraction of sp³-hybridized carbons (Fsp3) is 0.500. The van der Waals surface area contributed by atoms with Gasteiger partial charge in [-0.1, -0.05) is 0 Å². The van der Waals surface area contributed by atoms with Gasteiger partial charge in [0, 0.05) is 31.6 Å². The van der Waals surface area contributed by atoms with Gasteiger partial charge in [0.15, 0.2) is 0 Å². The summed E-state index contributed by atoms with van der Waals surface area (Å²) in [7, 11) is -2.47. The number of carboxylic acids is 1. The third-order valence-electron chi connectivity index (χ3n) is 3.87. The van der Waals surface area contributed by atoms with Crippen molar-refractivity contribution in [2.45, 2.75) is 17.7 Å². The molecule has 9 nitrogen and oxygen atoms in total. The lowest BCUT2D eigenvalue weighted by atomic mass is 10.2. The molecule has 0 aromatic heterocycles. The topological polar surface area (TPSA) is 122 Å². The summed E-state index contributed by atoms with van der Waals surface area (Å²) in [4.78, 5) is 22.6. The summed E-state index contributed by atoms with van der Waals surface area (Å²) < 4.78 is 37.4. The molecule has 0 bridgehead atoms. The first-order chi connectivity index (χ1) is 12.4. The number of hydrogen-bond donors (Lipinski definition) is 2. The highest BCUT2D eigenvalue weighted by molar-refractivity contribution is 7.89. The molecule has 1 heterocycles. The largest absolute Gasteiger partial charge is 0.495 e. The number of nitrogens with zero attached hydrogens (tertiary/aromatic N) is 1. The second-order valence-electron chi connectivity index (χ2n) is 5.64. The first-order valence-electron chi connectivity index (χ1n) is 8.12. The first kappa shape index (κ1) is 20.1. The van der Waals surface area contributed by atoms with Crippen LogP contribution in [-0.2, 0) is 19.6 Å². The molecule has 1 fully saturated rings. The minimum Gasteiger partial charge on any atom is -0.495 e. The van der Waals surface area contributed by atoms with E-state index in [-0.39, 0.29) is 48.7 Å². The van der Waals surface area contributed by atoms with Crippen LogP contribution in [0.1, 0.15) is 23.2 Å². The van der Waals surface area contributed by atoms with Crippen LogP contribution in [0.25, 0.3) is 0 Å². The van der Waals surface area contributed by atoms with E-state index in [1.807, 2.05) is 0 Å². The first-order valence-corrected chi connectivity index (χ1v) is 9.56. The van der Waals surface area contributed by atoms with Crippen molar-refractivity contribution in [3.8, 4) is 5.75 Å². The van der Waals surface area contributed by atoms with Gasteiger partial charge in [-0.3, -0.25) is 9.59 Å². The average Bonchev–Trinajstić information content (AvgIpc) is 2.65. The summed E-state index contributed by atoms with van der Waals surface area (Å²) in [6.45, 7) is 1.27. The Hall–Kier alpha value is -2.17. The van der Waals surface area contributed by atoms with Crippen molar-refractivity contribution >= 4 is 21.9 Å². The molecule has 0 atom stereocenters. The zero-order valence-electron chi connectivity index (χ0n) is 14.4. The second kappa shape index (κ2) is 8.97. The van der Waals surface area contributed by atoms with E-state index in [1.54, 1.807) is 0 Å². The van der Waals surface area contributed by atoms with E-state index in [4.69, 9.17) is 14.6 Å². The number of rotatable bonds is 8. The molecule has 144 valence electrons. The maximum absolute atomic E-state index is 12.9. The fourth-order valence-corrected chi connectivity index (χ4v) is 4.08. The van der Waals surface area contributed by atoms with Gasteiger partial charge < -0.3 is 19.9 Å². The van der Waals surface area contributed by atoms with Crippen LogP contribution in [-0.4, -0.2) is 69.7 Å². The van der Waals surface area contributed by atoms with Gasteiger partial charge in [0.1, 0.15) is 10.6 Å². The van der Waals surface area contributed by atoms with Crippen molar-refractivity contribution in [2.75, 3.05) is 40.0 Å². The van der Waals surface area contributed by atoms with Gasteiger partial charge in [-0.25, -0.2) is 8.42 Å². The predicted molar refractivity (Wildman–Crippen MR) is 91.8 cm³/mol. The maximum atomic E-state index is 12.9. The van der Waals surface area contributed by atoms with Gasteiger partial charge in [0.25, 0.3) is 5.91 Å². The highest BCUT2D eigenvalue weighted by Gasteiger charge is 2.30. The molecule has 1 amide bonds. The Morgan fingerprint density at radius 2 is 2.00 bits per heavy atom. The van der Waals surface area contributed by atoms with Gasteiger partial charge in [0.05, 0.1) is 20.3 Å². The van der Waals surface area contributed by atoms with Crippen molar-refractivity contribution in [3.05, 3.63) is 23.8 Å². The molecular formula is C16H22N2O7S. The van der Waals surface area contributed by atoms with E-state index in [9.17, 15) is 18.0 Å². The van der Waals surface area contributed by atoms with E-state index < -0.39 is 21.9 Å². The summed E-state index contributed by atoms with van der Waals surface area (Å²) in [5, 5.41) is 11.2. The van der Waals surface area contributed by atoms with Gasteiger partial charge >= 0.3 is 5.97 Å². The normalized spacial score (nSPS) is 15.4. The molecule has 26 heavy (non-hydrogen) atoms. The molecule has 0 aliphatic carbocycles. The number of ether oxygens (including phenoxy) is 2.